The summed E-state index contributed by atoms with van der Waals surface area (Å²) < 4.78 is 13.2. The normalized spacial score (nSPS) is 11.8. The number of allylic oxidation sites excluding steroid dienone is 1. The Morgan fingerprint density at radius 3 is 2.77 bits per heavy atom. The van der Waals surface area contributed by atoms with Crippen LogP contribution < -0.4 is 0 Å². The minimum Gasteiger partial charge on any atom is -0.206 e. The lowest BCUT2D eigenvalue weighted by Gasteiger charge is -2.01. The van der Waals surface area contributed by atoms with Gasteiger partial charge in [-0.1, -0.05) is 29.3 Å². The summed E-state index contributed by atoms with van der Waals surface area (Å²) in [6.07, 6.45) is 1.66. The van der Waals surface area contributed by atoms with Gasteiger partial charge in [0.1, 0.15) is 5.82 Å². The van der Waals surface area contributed by atoms with Crippen molar-refractivity contribution in [3.8, 4) is 0 Å². The molecule has 0 aliphatic carbocycles. The number of halogens is 3. The van der Waals surface area contributed by atoms with Crippen LogP contribution in [0.25, 0.3) is 6.08 Å². The molecule has 1 aromatic carbocycles. The van der Waals surface area contributed by atoms with E-state index in [1.54, 1.807) is 18.2 Å². The molecule has 0 N–H and O–H groups in total. The molecule has 0 aromatic heterocycles. The predicted molar refractivity (Wildman–Crippen MR) is 55.8 cm³/mol. The van der Waals surface area contributed by atoms with Gasteiger partial charge in [0.05, 0.1) is 5.02 Å². The molecule has 1 rings (SSSR count). The maximum Gasteiger partial charge on any atom is 0.131 e. The molecule has 0 unspecified atom stereocenters. The zero-order valence-corrected chi connectivity index (χ0v) is 8.66. The summed E-state index contributed by atoms with van der Waals surface area (Å²) in [5.74, 6) is 0.0574. The van der Waals surface area contributed by atoms with Crippen molar-refractivity contribution in [2.24, 2.45) is 0 Å². The van der Waals surface area contributed by atoms with Gasteiger partial charge in [-0.2, -0.15) is 0 Å². The van der Waals surface area contributed by atoms with E-state index >= 15 is 0 Å². The number of hydrogen-bond acceptors (Lipinski definition) is 0. The smallest absolute Gasteiger partial charge is 0.131 e. The van der Waals surface area contributed by atoms with Gasteiger partial charge in [-0.15, -0.1) is 11.6 Å². The highest BCUT2D eigenvalue weighted by Crippen LogP contribution is 2.21. The molecular weight excluding hydrogens is 210 g/mol. The van der Waals surface area contributed by atoms with Crippen LogP contribution in [0.5, 0.6) is 0 Å². The highest BCUT2D eigenvalue weighted by Gasteiger charge is 2.03. The van der Waals surface area contributed by atoms with Crippen molar-refractivity contribution in [3.63, 3.8) is 0 Å². The molecule has 0 atom stereocenters. The monoisotopic (exact) mass is 218 g/mol. The van der Waals surface area contributed by atoms with E-state index in [1.807, 2.05) is 6.92 Å². The second kappa shape index (κ2) is 4.64. The zero-order chi connectivity index (χ0) is 9.84. The molecular formula is C10H9Cl2F. The minimum absolute atomic E-state index is 0.322. The first-order valence-corrected chi connectivity index (χ1v) is 4.73. The third-order valence-electron chi connectivity index (χ3n) is 1.60. The second-order valence-electron chi connectivity index (χ2n) is 2.76. The molecule has 0 bridgehead atoms. The quantitative estimate of drug-likeness (QED) is 0.656. The van der Waals surface area contributed by atoms with E-state index in [9.17, 15) is 4.39 Å². The highest BCUT2D eigenvalue weighted by molar-refractivity contribution is 6.32. The first-order valence-electron chi connectivity index (χ1n) is 3.82. The van der Waals surface area contributed by atoms with Crippen LogP contribution in [0, 0.1) is 5.82 Å². The second-order valence-corrected chi connectivity index (χ2v) is 3.43. The highest BCUT2D eigenvalue weighted by atomic mass is 35.5. The van der Waals surface area contributed by atoms with Crippen LogP contribution in [-0.4, -0.2) is 5.88 Å². The lowest BCUT2D eigenvalue weighted by Crippen LogP contribution is -1.85. The van der Waals surface area contributed by atoms with E-state index in [-0.39, 0.29) is 5.82 Å². The van der Waals surface area contributed by atoms with Crippen molar-refractivity contribution in [2.75, 3.05) is 5.88 Å². The Hall–Kier alpha value is -0.530. The van der Waals surface area contributed by atoms with Crippen LogP contribution in [0.1, 0.15) is 12.5 Å². The summed E-state index contributed by atoms with van der Waals surface area (Å²) in [5, 5.41) is 0.407. The van der Waals surface area contributed by atoms with E-state index in [0.717, 1.165) is 5.57 Å². The molecule has 0 spiro atoms. The van der Waals surface area contributed by atoms with Crippen LogP contribution in [0.15, 0.2) is 23.8 Å². The Morgan fingerprint density at radius 1 is 1.54 bits per heavy atom. The van der Waals surface area contributed by atoms with Gasteiger partial charge in [0.25, 0.3) is 0 Å². The largest absolute Gasteiger partial charge is 0.206 e. The Bertz CT molecular complexity index is 311. The van der Waals surface area contributed by atoms with Gasteiger partial charge in [-0.05, 0) is 19.1 Å². The zero-order valence-electron chi connectivity index (χ0n) is 7.15. The van der Waals surface area contributed by atoms with Gasteiger partial charge in [0.15, 0.2) is 0 Å². The maximum absolute atomic E-state index is 13.2. The standard InChI is InChI=1S/C10H9Cl2F/c1-7(6-11)5-8-9(12)3-2-4-10(8)13/h2-5H,6H2,1H3/b7-5-. The van der Waals surface area contributed by atoms with Crippen LogP contribution in [0.3, 0.4) is 0 Å². The fraction of sp³-hybridized carbons (Fsp3) is 0.200. The Morgan fingerprint density at radius 2 is 2.23 bits per heavy atom. The molecule has 0 saturated heterocycles. The minimum atomic E-state index is -0.322. The first-order chi connectivity index (χ1) is 6.15. The van der Waals surface area contributed by atoms with Crippen molar-refractivity contribution in [2.45, 2.75) is 6.92 Å². The first kappa shape index (κ1) is 10.6. The predicted octanol–water partition coefficient (Wildman–Crippen LogP) is 4.12. The molecule has 0 heterocycles. The summed E-state index contributed by atoms with van der Waals surface area (Å²) >= 11 is 11.4. The summed E-state index contributed by atoms with van der Waals surface area (Å²) in [4.78, 5) is 0. The van der Waals surface area contributed by atoms with E-state index < -0.39 is 0 Å². The third-order valence-corrected chi connectivity index (χ3v) is 2.35. The molecule has 0 saturated carbocycles. The molecule has 0 aliphatic heterocycles. The van der Waals surface area contributed by atoms with Gasteiger partial charge in [0.2, 0.25) is 0 Å². The van der Waals surface area contributed by atoms with Crippen molar-refractivity contribution in [1.82, 2.24) is 0 Å². The molecule has 0 fully saturated rings. The number of hydrogen-bond donors (Lipinski definition) is 0. The van der Waals surface area contributed by atoms with Crippen LogP contribution in [-0.2, 0) is 0 Å². The van der Waals surface area contributed by atoms with Crippen LogP contribution >= 0.6 is 23.2 Å². The Kier molecular flexibility index (Phi) is 3.76. The summed E-state index contributed by atoms with van der Waals surface area (Å²) in [5.41, 5.74) is 1.29. The topological polar surface area (TPSA) is 0 Å². The molecule has 0 aliphatic rings. The summed E-state index contributed by atoms with van der Waals surface area (Å²) in [6.45, 7) is 1.83. The summed E-state index contributed by atoms with van der Waals surface area (Å²) in [6, 6.07) is 4.60. The van der Waals surface area contributed by atoms with Crippen molar-refractivity contribution in [3.05, 3.63) is 40.2 Å². The van der Waals surface area contributed by atoms with Gasteiger partial charge in [-0.25, -0.2) is 4.39 Å². The molecule has 0 nitrogen and oxygen atoms in total. The van der Waals surface area contributed by atoms with Gasteiger partial charge in [0, 0.05) is 11.4 Å². The van der Waals surface area contributed by atoms with Crippen LogP contribution in [0.2, 0.25) is 5.02 Å². The van der Waals surface area contributed by atoms with Crippen molar-refractivity contribution in [1.29, 1.82) is 0 Å². The SMILES string of the molecule is C/C(=C/c1c(F)cccc1Cl)CCl. The average molecular weight is 219 g/mol. The Balaban J connectivity index is 3.14. The van der Waals surface area contributed by atoms with E-state index in [2.05, 4.69) is 0 Å². The number of rotatable bonds is 2. The van der Waals surface area contributed by atoms with E-state index in [1.165, 1.54) is 6.07 Å². The van der Waals surface area contributed by atoms with E-state index in [0.29, 0.717) is 16.5 Å². The third kappa shape index (κ3) is 2.71. The molecule has 70 valence electrons. The lowest BCUT2D eigenvalue weighted by molar-refractivity contribution is 0.625. The van der Waals surface area contributed by atoms with Crippen molar-refractivity contribution >= 4 is 29.3 Å². The number of alkyl halides is 1. The lowest BCUT2D eigenvalue weighted by atomic mass is 10.1. The average Bonchev–Trinajstić information content (AvgIpc) is 2.11. The maximum atomic E-state index is 13.2. The molecule has 3 heteroatoms. The Labute approximate surface area is 87.0 Å². The molecule has 13 heavy (non-hydrogen) atoms. The molecule has 1 aromatic rings. The van der Waals surface area contributed by atoms with Crippen molar-refractivity contribution < 1.29 is 4.39 Å². The number of benzene rings is 1. The fourth-order valence-corrected chi connectivity index (χ4v) is 1.23. The van der Waals surface area contributed by atoms with Gasteiger partial charge in [-0.3, -0.25) is 0 Å². The van der Waals surface area contributed by atoms with Crippen LogP contribution in [0.4, 0.5) is 4.39 Å². The van der Waals surface area contributed by atoms with Gasteiger partial charge >= 0.3 is 0 Å². The molecule has 0 radical (unpaired) electrons. The summed E-state index contributed by atoms with van der Waals surface area (Å²) in [7, 11) is 0. The fourth-order valence-electron chi connectivity index (χ4n) is 0.934. The van der Waals surface area contributed by atoms with E-state index in [4.69, 9.17) is 23.2 Å². The van der Waals surface area contributed by atoms with Gasteiger partial charge < -0.3 is 0 Å². The molecule has 0 amide bonds.